The number of hydrogen-bond donors (Lipinski definition) is 2. The van der Waals surface area contributed by atoms with E-state index in [-0.39, 0.29) is 6.04 Å². The number of rotatable bonds is 9. The Morgan fingerprint density at radius 3 is 2.71 bits per heavy atom. The van der Waals surface area contributed by atoms with Crippen LogP contribution < -0.4 is 10.0 Å². The maximum absolute atomic E-state index is 12.5. The second-order valence-electron chi connectivity index (χ2n) is 5.52. The van der Waals surface area contributed by atoms with Crippen molar-refractivity contribution in [2.75, 3.05) is 0 Å². The van der Waals surface area contributed by atoms with E-state index in [1.54, 1.807) is 6.07 Å². The van der Waals surface area contributed by atoms with Gasteiger partial charge in [0.05, 0.1) is 3.79 Å². The molecule has 1 fully saturated rings. The van der Waals surface area contributed by atoms with E-state index in [0.29, 0.717) is 14.7 Å². The van der Waals surface area contributed by atoms with Crippen LogP contribution in [-0.4, -0.2) is 20.5 Å². The molecule has 1 heterocycles. The summed E-state index contributed by atoms with van der Waals surface area (Å²) in [6, 6.07) is 2.42. The first-order valence-electron chi connectivity index (χ1n) is 7.50. The zero-order valence-electron chi connectivity index (χ0n) is 12.5. The topological polar surface area (TPSA) is 58.2 Å². The van der Waals surface area contributed by atoms with E-state index < -0.39 is 10.0 Å². The molecular weight excluding hydrogens is 372 g/mol. The summed E-state index contributed by atoms with van der Waals surface area (Å²) in [6.45, 7) is 4.82. The Hall–Kier alpha value is 0.0500. The van der Waals surface area contributed by atoms with Crippen molar-refractivity contribution >= 4 is 37.3 Å². The largest absolute Gasteiger partial charge is 0.309 e. The highest BCUT2D eigenvalue weighted by molar-refractivity contribution is 9.11. The lowest BCUT2D eigenvalue weighted by Gasteiger charge is -2.15. The molecule has 1 atom stereocenters. The van der Waals surface area contributed by atoms with Crippen molar-refractivity contribution in [1.82, 2.24) is 10.0 Å². The van der Waals surface area contributed by atoms with Crippen LogP contribution in [0.25, 0.3) is 0 Å². The number of nitrogens with one attached hydrogen (secondary N) is 2. The van der Waals surface area contributed by atoms with Gasteiger partial charge in [0.1, 0.15) is 4.90 Å². The van der Waals surface area contributed by atoms with Gasteiger partial charge in [-0.25, -0.2) is 13.1 Å². The second kappa shape index (κ2) is 7.55. The van der Waals surface area contributed by atoms with E-state index in [4.69, 9.17) is 0 Å². The Balaban J connectivity index is 2.07. The van der Waals surface area contributed by atoms with Crippen molar-refractivity contribution in [3.8, 4) is 0 Å². The third-order valence-corrected chi connectivity index (χ3v) is 7.36. The fourth-order valence-corrected chi connectivity index (χ4v) is 6.17. The third-order valence-electron chi connectivity index (χ3n) is 3.59. The molecule has 120 valence electrons. The summed E-state index contributed by atoms with van der Waals surface area (Å²) in [5.74, 6) is 0. The van der Waals surface area contributed by atoms with Gasteiger partial charge >= 0.3 is 0 Å². The van der Waals surface area contributed by atoms with Crippen LogP contribution in [0.4, 0.5) is 0 Å². The van der Waals surface area contributed by atoms with E-state index in [1.165, 1.54) is 24.2 Å². The van der Waals surface area contributed by atoms with Gasteiger partial charge in [0.25, 0.3) is 0 Å². The molecule has 0 saturated heterocycles. The lowest BCUT2D eigenvalue weighted by Crippen LogP contribution is -2.34. The highest BCUT2D eigenvalue weighted by Crippen LogP contribution is 2.32. The number of sulfonamides is 1. The van der Waals surface area contributed by atoms with Gasteiger partial charge < -0.3 is 5.32 Å². The van der Waals surface area contributed by atoms with Gasteiger partial charge in [-0.3, -0.25) is 0 Å². The van der Waals surface area contributed by atoms with Crippen molar-refractivity contribution < 1.29 is 8.42 Å². The summed E-state index contributed by atoms with van der Waals surface area (Å²) < 4.78 is 28.5. The molecular formula is C14H23BrN2O2S2. The Morgan fingerprint density at radius 1 is 1.43 bits per heavy atom. The maximum atomic E-state index is 12.5. The molecule has 0 spiro atoms. The third kappa shape index (κ3) is 5.03. The molecule has 0 radical (unpaired) electrons. The van der Waals surface area contributed by atoms with E-state index in [0.717, 1.165) is 30.7 Å². The molecule has 1 saturated carbocycles. The molecule has 4 nitrogen and oxygen atoms in total. The summed E-state index contributed by atoms with van der Waals surface area (Å²) in [7, 11) is -3.44. The molecule has 1 aliphatic rings. The van der Waals surface area contributed by atoms with Gasteiger partial charge in [0.2, 0.25) is 10.0 Å². The van der Waals surface area contributed by atoms with Crippen molar-refractivity contribution in [3.05, 3.63) is 14.7 Å². The van der Waals surface area contributed by atoms with Crippen molar-refractivity contribution in [3.63, 3.8) is 0 Å². The minimum absolute atomic E-state index is 0.0137. The first-order chi connectivity index (χ1) is 9.96. The van der Waals surface area contributed by atoms with Gasteiger partial charge in [-0.1, -0.05) is 20.3 Å². The molecule has 7 heteroatoms. The van der Waals surface area contributed by atoms with Crippen LogP contribution in [0.3, 0.4) is 0 Å². The predicted molar refractivity (Wildman–Crippen MR) is 91.2 cm³/mol. The molecule has 1 aromatic heterocycles. The van der Waals surface area contributed by atoms with Crippen LogP contribution in [-0.2, 0) is 16.6 Å². The summed E-state index contributed by atoms with van der Waals surface area (Å²) in [4.78, 5) is 1.42. The number of thiophene rings is 1. The lowest BCUT2D eigenvalue weighted by atomic mass is 10.1. The average molecular weight is 395 g/mol. The quantitative estimate of drug-likeness (QED) is 0.672. The molecule has 1 aromatic rings. The van der Waals surface area contributed by atoms with Gasteiger partial charge in [-0.15, -0.1) is 11.3 Å². The van der Waals surface area contributed by atoms with Crippen LogP contribution in [0, 0.1) is 0 Å². The average Bonchev–Trinajstić information content (AvgIpc) is 3.18. The zero-order chi connectivity index (χ0) is 15.5. The molecule has 1 aliphatic carbocycles. The van der Waals surface area contributed by atoms with E-state index in [9.17, 15) is 8.42 Å². The first-order valence-corrected chi connectivity index (χ1v) is 10.6. The smallest absolute Gasteiger partial charge is 0.242 e. The Morgan fingerprint density at radius 2 is 2.14 bits per heavy atom. The summed E-state index contributed by atoms with van der Waals surface area (Å²) in [5.41, 5.74) is 0. The second-order valence-corrected chi connectivity index (χ2v) is 9.66. The van der Waals surface area contributed by atoms with Crippen molar-refractivity contribution in [1.29, 1.82) is 0 Å². The Kier molecular flexibility index (Phi) is 6.25. The molecule has 0 amide bonds. The summed E-state index contributed by atoms with van der Waals surface area (Å²) >= 11 is 4.89. The molecule has 2 N–H and O–H groups in total. The highest BCUT2D eigenvalue weighted by atomic mass is 79.9. The van der Waals surface area contributed by atoms with Crippen molar-refractivity contribution in [2.24, 2.45) is 0 Å². The van der Waals surface area contributed by atoms with Crippen LogP contribution in [0.1, 0.15) is 50.8 Å². The SMILES string of the molecule is CCCC(CC)NS(=O)(=O)c1cc(CNC2CC2)sc1Br. The Labute approximate surface area is 139 Å². The van der Waals surface area contributed by atoms with Gasteiger partial charge in [-0.05, 0) is 47.7 Å². The minimum Gasteiger partial charge on any atom is -0.309 e. The van der Waals surface area contributed by atoms with Crippen LogP contribution in [0.2, 0.25) is 0 Å². The predicted octanol–water partition coefficient (Wildman–Crippen LogP) is 3.62. The Bertz CT molecular complexity index is 568. The fraction of sp³-hybridized carbons (Fsp3) is 0.714. The molecule has 0 aromatic carbocycles. The highest BCUT2D eigenvalue weighted by Gasteiger charge is 2.25. The van der Waals surface area contributed by atoms with E-state index >= 15 is 0 Å². The van der Waals surface area contributed by atoms with Crippen LogP contribution in [0.15, 0.2) is 14.7 Å². The van der Waals surface area contributed by atoms with Crippen LogP contribution >= 0.6 is 27.3 Å². The van der Waals surface area contributed by atoms with E-state index in [1.807, 2.05) is 6.92 Å². The molecule has 2 rings (SSSR count). The van der Waals surface area contributed by atoms with E-state index in [2.05, 4.69) is 32.9 Å². The number of halogens is 1. The maximum Gasteiger partial charge on any atom is 0.242 e. The summed E-state index contributed by atoms with van der Waals surface area (Å²) in [6.07, 6.45) is 5.11. The van der Waals surface area contributed by atoms with Gasteiger partial charge in [-0.2, -0.15) is 0 Å². The molecule has 0 aliphatic heterocycles. The van der Waals surface area contributed by atoms with Crippen molar-refractivity contribution in [2.45, 2.75) is 69.5 Å². The molecule has 0 bridgehead atoms. The lowest BCUT2D eigenvalue weighted by molar-refractivity contribution is 0.512. The van der Waals surface area contributed by atoms with Gasteiger partial charge in [0.15, 0.2) is 0 Å². The molecule has 21 heavy (non-hydrogen) atoms. The normalized spacial score (nSPS) is 17.1. The van der Waals surface area contributed by atoms with Crippen LogP contribution in [0.5, 0.6) is 0 Å². The first kappa shape index (κ1) is 17.4. The standard InChI is InChI=1S/C14H23BrN2O2S2/c1-3-5-10(4-2)17-21(18,19)13-8-12(20-14(13)15)9-16-11-6-7-11/h8,10-11,16-17H,3-7,9H2,1-2H3. The fourth-order valence-electron chi connectivity index (χ4n) is 2.18. The molecule has 1 unspecified atom stereocenters. The zero-order valence-corrected chi connectivity index (χ0v) is 15.7. The minimum atomic E-state index is -3.44. The summed E-state index contributed by atoms with van der Waals surface area (Å²) in [5, 5.41) is 3.41. The van der Waals surface area contributed by atoms with Gasteiger partial charge in [0, 0.05) is 23.5 Å². The number of hydrogen-bond acceptors (Lipinski definition) is 4. The monoisotopic (exact) mass is 394 g/mol.